The maximum atomic E-state index is 11.5. The van der Waals surface area contributed by atoms with E-state index in [4.69, 9.17) is 25.5 Å². The van der Waals surface area contributed by atoms with E-state index in [0.29, 0.717) is 0 Å². The summed E-state index contributed by atoms with van der Waals surface area (Å²) in [4.78, 5) is 11.5. The summed E-state index contributed by atoms with van der Waals surface area (Å²) in [5.74, 6) is -1.40. The van der Waals surface area contributed by atoms with Gasteiger partial charge >= 0.3 is 5.97 Å². The van der Waals surface area contributed by atoms with Gasteiger partial charge in [0.1, 0.15) is 24.9 Å². The summed E-state index contributed by atoms with van der Waals surface area (Å²) >= 11 is 0. The van der Waals surface area contributed by atoms with Gasteiger partial charge in [0, 0.05) is 0 Å². The Morgan fingerprint density at radius 3 is 1.76 bits per heavy atom. The van der Waals surface area contributed by atoms with Crippen LogP contribution in [0.25, 0.3) is 0 Å². The number of aliphatic hydroxyl groups excluding tert-OH is 8. The number of aliphatic hydroxyl groups is 8. The molecule has 0 fully saturated rings. The van der Waals surface area contributed by atoms with Crippen LogP contribution in [0.1, 0.15) is 0 Å². The lowest BCUT2D eigenvalue weighted by Gasteiger charge is -2.28. The Kier molecular flexibility index (Phi) is 8.85. The van der Waals surface area contributed by atoms with E-state index in [1.807, 2.05) is 0 Å². The number of carbonyl (C=O) groups is 1. The molecule has 8 N–H and O–H groups in total. The first kappa shape index (κ1) is 20.1. The van der Waals surface area contributed by atoms with Crippen molar-refractivity contribution in [1.29, 1.82) is 0 Å². The zero-order valence-corrected chi connectivity index (χ0v) is 11.2. The van der Waals surface area contributed by atoms with E-state index in [-0.39, 0.29) is 0 Å². The van der Waals surface area contributed by atoms with Gasteiger partial charge in [0.2, 0.25) is 0 Å². The van der Waals surface area contributed by atoms with E-state index < -0.39 is 68.8 Å². The second-order valence-electron chi connectivity index (χ2n) is 4.76. The molecule has 0 radical (unpaired) electrons. The summed E-state index contributed by atoms with van der Waals surface area (Å²) in [5.41, 5.74) is -1.51. The van der Waals surface area contributed by atoms with Crippen molar-refractivity contribution in [2.75, 3.05) is 33.0 Å². The Balaban J connectivity index is 4.58. The SMILES string of the molecule is O=C(OCC(CO)(CO)CO)[C@H](O)[C@@H](O)[C@H](O)[C@H](O)CO. The monoisotopic (exact) mass is 314 g/mol. The zero-order chi connectivity index (χ0) is 16.6. The Labute approximate surface area is 120 Å². The number of hydrogen-bond donors (Lipinski definition) is 8. The van der Waals surface area contributed by atoms with E-state index in [1.54, 1.807) is 0 Å². The smallest absolute Gasteiger partial charge is 0.337 e. The first-order chi connectivity index (χ1) is 9.78. The summed E-state index contributed by atoms with van der Waals surface area (Å²) in [7, 11) is 0. The van der Waals surface area contributed by atoms with Gasteiger partial charge in [0.05, 0.1) is 31.8 Å². The summed E-state index contributed by atoms with van der Waals surface area (Å²) in [6.45, 7) is -3.63. The molecule has 10 nitrogen and oxygen atoms in total. The van der Waals surface area contributed by atoms with Gasteiger partial charge < -0.3 is 45.6 Å². The number of rotatable bonds is 10. The van der Waals surface area contributed by atoms with E-state index in [0.717, 1.165) is 0 Å². The molecule has 0 saturated carbocycles. The predicted octanol–water partition coefficient (Wildman–Crippen LogP) is -5.07. The Morgan fingerprint density at radius 1 is 0.905 bits per heavy atom. The van der Waals surface area contributed by atoms with E-state index >= 15 is 0 Å². The number of ether oxygens (including phenoxy) is 1. The van der Waals surface area contributed by atoms with Crippen molar-refractivity contribution in [1.82, 2.24) is 0 Å². The quantitative estimate of drug-likeness (QED) is 0.181. The lowest BCUT2D eigenvalue weighted by molar-refractivity contribution is -0.176. The third kappa shape index (κ3) is 5.45. The van der Waals surface area contributed by atoms with Crippen LogP contribution in [0.3, 0.4) is 0 Å². The van der Waals surface area contributed by atoms with Gasteiger partial charge in [-0.2, -0.15) is 0 Å². The van der Waals surface area contributed by atoms with E-state index in [2.05, 4.69) is 4.74 Å². The van der Waals surface area contributed by atoms with Crippen LogP contribution in [0.5, 0.6) is 0 Å². The van der Waals surface area contributed by atoms with Crippen LogP contribution in [0.4, 0.5) is 0 Å². The molecule has 0 unspecified atom stereocenters. The fourth-order valence-corrected chi connectivity index (χ4v) is 1.26. The highest BCUT2D eigenvalue weighted by Gasteiger charge is 2.37. The highest BCUT2D eigenvalue weighted by Crippen LogP contribution is 2.16. The second kappa shape index (κ2) is 9.23. The molecular weight excluding hydrogens is 292 g/mol. The minimum Gasteiger partial charge on any atom is -0.463 e. The normalized spacial score (nSPS) is 17.9. The van der Waals surface area contributed by atoms with E-state index in [9.17, 15) is 20.1 Å². The number of carbonyl (C=O) groups excluding carboxylic acids is 1. The zero-order valence-electron chi connectivity index (χ0n) is 11.2. The Hall–Kier alpha value is -0.850. The molecule has 0 saturated heterocycles. The predicted molar refractivity (Wildman–Crippen MR) is 65.8 cm³/mol. The van der Waals surface area contributed by atoms with Crippen LogP contribution < -0.4 is 0 Å². The lowest BCUT2D eigenvalue weighted by atomic mass is 9.92. The molecule has 0 aliphatic carbocycles. The fourth-order valence-electron chi connectivity index (χ4n) is 1.26. The van der Waals surface area contributed by atoms with Crippen LogP contribution >= 0.6 is 0 Å². The van der Waals surface area contributed by atoms with Gasteiger partial charge in [0.15, 0.2) is 6.10 Å². The number of esters is 1. The molecule has 0 aliphatic heterocycles. The molecule has 126 valence electrons. The van der Waals surface area contributed by atoms with Crippen molar-refractivity contribution in [2.24, 2.45) is 5.41 Å². The summed E-state index contributed by atoms with van der Waals surface area (Å²) in [6.07, 6.45) is -8.11. The lowest BCUT2D eigenvalue weighted by Crippen LogP contribution is -2.50. The first-order valence-corrected chi connectivity index (χ1v) is 6.11. The summed E-state index contributed by atoms with van der Waals surface area (Å²) < 4.78 is 4.54. The van der Waals surface area contributed by atoms with E-state index in [1.165, 1.54) is 0 Å². The molecule has 4 atom stereocenters. The molecular formula is C11H22O10. The largest absolute Gasteiger partial charge is 0.463 e. The molecule has 0 bridgehead atoms. The summed E-state index contributed by atoms with van der Waals surface area (Å²) in [5, 5.41) is 72.9. The maximum Gasteiger partial charge on any atom is 0.337 e. The van der Waals surface area contributed by atoms with Crippen molar-refractivity contribution in [3.63, 3.8) is 0 Å². The Morgan fingerprint density at radius 2 is 1.38 bits per heavy atom. The van der Waals surface area contributed by atoms with Crippen molar-refractivity contribution in [3.8, 4) is 0 Å². The maximum absolute atomic E-state index is 11.5. The minimum absolute atomic E-state index is 0.641. The molecule has 0 spiro atoms. The standard InChI is InChI=1S/C11H22O10/c12-1-6(16)7(17)8(18)9(19)10(20)21-5-11(2-13,3-14)4-15/h6-9,12-19H,1-5H2/t6-,7-,8+,9-/m1/s1. The highest BCUT2D eigenvalue weighted by molar-refractivity contribution is 5.75. The fraction of sp³-hybridized carbons (Fsp3) is 0.909. The van der Waals surface area contributed by atoms with Gasteiger partial charge in [-0.15, -0.1) is 0 Å². The van der Waals surface area contributed by atoms with Crippen molar-refractivity contribution in [2.45, 2.75) is 24.4 Å². The topological polar surface area (TPSA) is 188 Å². The second-order valence-corrected chi connectivity index (χ2v) is 4.76. The van der Waals surface area contributed by atoms with Crippen molar-refractivity contribution >= 4 is 5.97 Å². The number of hydrogen-bond acceptors (Lipinski definition) is 10. The van der Waals surface area contributed by atoms with Crippen LogP contribution in [-0.2, 0) is 9.53 Å². The molecule has 0 heterocycles. The molecule has 21 heavy (non-hydrogen) atoms. The van der Waals surface area contributed by atoms with Gasteiger partial charge in [-0.05, 0) is 0 Å². The molecule has 0 aromatic heterocycles. The molecule has 0 amide bonds. The van der Waals surface area contributed by atoms with Gasteiger partial charge in [-0.3, -0.25) is 0 Å². The first-order valence-electron chi connectivity index (χ1n) is 6.11. The molecule has 0 aromatic rings. The van der Waals surface area contributed by atoms with Crippen LogP contribution in [-0.4, -0.2) is 104 Å². The summed E-state index contributed by atoms with van der Waals surface area (Å²) in [6, 6.07) is 0. The third-order valence-corrected chi connectivity index (χ3v) is 3.02. The van der Waals surface area contributed by atoms with Gasteiger partial charge in [-0.1, -0.05) is 0 Å². The highest BCUT2D eigenvalue weighted by atomic mass is 16.6. The van der Waals surface area contributed by atoms with Crippen LogP contribution in [0.15, 0.2) is 0 Å². The Bertz CT molecular complexity index is 297. The van der Waals surface area contributed by atoms with Crippen LogP contribution in [0.2, 0.25) is 0 Å². The van der Waals surface area contributed by atoms with Crippen molar-refractivity contribution < 1.29 is 50.4 Å². The van der Waals surface area contributed by atoms with Crippen LogP contribution in [0, 0.1) is 5.41 Å². The van der Waals surface area contributed by atoms with Crippen molar-refractivity contribution in [3.05, 3.63) is 0 Å². The average Bonchev–Trinajstić information content (AvgIpc) is 2.53. The third-order valence-electron chi connectivity index (χ3n) is 3.02. The molecule has 0 rings (SSSR count). The average molecular weight is 314 g/mol. The van der Waals surface area contributed by atoms with Gasteiger partial charge in [0.25, 0.3) is 0 Å². The minimum atomic E-state index is -2.23. The van der Waals surface area contributed by atoms with Gasteiger partial charge in [-0.25, -0.2) is 4.79 Å². The molecule has 0 aromatic carbocycles. The molecule has 0 aliphatic rings. The molecule has 10 heteroatoms.